The third-order valence-corrected chi connectivity index (χ3v) is 6.69. The predicted octanol–water partition coefficient (Wildman–Crippen LogP) is 3.05. The Hall–Kier alpha value is -3.44. The summed E-state index contributed by atoms with van der Waals surface area (Å²) >= 11 is 0. The third kappa shape index (κ3) is 9.18. The van der Waals surface area contributed by atoms with E-state index in [0.717, 1.165) is 16.7 Å². The van der Waals surface area contributed by atoms with Gasteiger partial charge in [0.1, 0.15) is 0 Å². The van der Waals surface area contributed by atoms with Crippen molar-refractivity contribution in [3.05, 3.63) is 66.0 Å². The molecule has 3 rings (SSSR count). The fraction of sp³-hybridized carbons (Fsp3) is 0.375. The van der Waals surface area contributed by atoms with E-state index in [1.165, 1.54) is 0 Å². The second-order valence-corrected chi connectivity index (χ2v) is 9.77. The van der Waals surface area contributed by atoms with Crippen LogP contribution in [0.1, 0.15) is 31.3 Å². The van der Waals surface area contributed by atoms with Gasteiger partial charge in [0, 0.05) is 0 Å². The first-order chi connectivity index (χ1) is 17.9. The van der Waals surface area contributed by atoms with Crippen LogP contribution in [0.15, 0.2) is 54.6 Å². The Balaban J connectivity index is 1.71. The number of aromatic nitrogens is 4. The lowest BCUT2D eigenvalue weighted by atomic mass is 10.0. The highest BCUT2D eigenvalue weighted by Crippen LogP contribution is 2.47. The molecule has 0 aliphatic carbocycles. The second kappa shape index (κ2) is 14.3. The lowest BCUT2D eigenvalue weighted by Crippen LogP contribution is -2.28. The number of benzene rings is 2. The largest absolute Gasteiger partial charge is 0.464 e. The van der Waals surface area contributed by atoms with E-state index in [0.29, 0.717) is 12.2 Å². The summed E-state index contributed by atoms with van der Waals surface area (Å²) in [5.74, 6) is -1.10. The quantitative estimate of drug-likeness (QED) is 0.220. The van der Waals surface area contributed by atoms with Crippen molar-refractivity contribution in [3.8, 4) is 11.1 Å². The van der Waals surface area contributed by atoms with E-state index >= 15 is 0 Å². The van der Waals surface area contributed by atoms with Crippen LogP contribution >= 0.6 is 7.60 Å². The number of hydrogen-bond acceptors (Lipinski definition) is 11. The van der Waals surface area contributed by atoms with Crippen LogP contribution in [0.3, 0.4) is 0 Å². The van der Waals surface area contributed by atoms with Crippen molar-refractivity contribution >= 4 is 19.5 Å². The number of hydrogen-bond donors (Lipinski definition) is 2. The number of aromatic amines is 1. The monoisotopic (exact) mass is 531 g/mol. The van der Waals surface area contributed by atoms with Gasteiger partial charge in [-0.1, -0.05) is 59.8 Å². The van der Waals surface area contributed by atoms with Crippen LogP contribution in [-0.4, -0.2) is 65.3 Å². The van der Waals surface area contributed by atoms with Crippen molar-refractivity contribution in [2.75, 3.05) is 32.7 Å². The minimum absolute atomic E-state index is 0.136. The van der Waals surface area contributed by atoms with Crippen LogP contribution < -0.4 is 5.32 Å². The fourth-order valence-corrected chi connectivity index (χ4v) is 4.63. The van der Waals surface area contributed by atoms with Gasteiger partial charge in [0.05, 0.1) is 25.5 Å². The number of tetrazole rings is 1. The lowest BCUT2D eigenvalue weighted by Gasteiger charge is -2.21. The Kier molecular flexibility index (Phi) is 10.9. The Bertz CT molecular complexity index is 1130. The molecule has 0 radical (unpaired) electrons. The molecule has 1 heterocycles. The molecule has 0 aliphatic rings. The van der Waals surface area contributed by atoms with E-state index in [1.807, 2.05) is 54.6 Å². The van der Waals surface area contributed by atoms with Crippen LogP contribution in [0.25, 0.3) is 11.1 Å². The molecule has 0 fully saturated rings. The number of rotatable bonds is 15. The van der Waals surface area contributed by atoms with Crippen molar-refractivity contribution in [3.63, 3.8) is 0 Å². The normalized spacial score (nSPS) is 12.2. The third-order valence-electron chi connectivity index (χ3n) is 5.07. The van der Waals surface area contributed by atoms with Crippen LogP contribution in [-0.2, 0) is 39.1 Å². The average molecular weight is 532 g/mol. The molecule has 37 heavy (non-hydrogen) atoms. The minimum Gasteiger partial charge on any atom is -0.464 e. The standard InChI is InChI=1S/C24H30N5O7P/c1-3-33-22(30)15-35-37(32,36-16-23(31)34-4-2)17-25-21(24-26-28-29-27-24)14-18-10-12-20(13-11-18)19-8-6-5-7-9-19/h5-13,21,25H,3-4,14-17H2,1-2H3,(H,26,27,28,29)/t21-/m0/s1. The summed E-state index contributed by atoms with van der Waals surface area (Å²) in [5, 5.41) is 17.2. The fourth-order valence-electron chi connectivity index (χ4n) is 3.33. The smallest absolute Gasteiger partial charge is 0.345 e. The summed E-state index contributed by atoms with van der Waals surface area (Å²) in [6.07, 6.45) is 0.0808. The van der Waals surface area contributed by atoms with Gasteiger partial charge in [-0.3, -0.25) is 18.9 Å². The van der Waals surface area contributed by atoms with Crippen molar-refractivity contribution in [2.24, 2.45) is 0 Å². The summed E-state index contributed by atoms with van der Waals surface area (Å²) < 4.78 is 33.6. The van der Waals surface area contributed by atoms with E-state index in [2.05, 4.69) is 25.9 Å². The second-order valence-electron chi connectivity index (χ2n) is 7.72. The summed E-state index contributed by atoms with van der Waals surface area (Å²) in [4.78, 5) is 23.5. The van der Waals surface area contributed by atoms with Gasteiger partial charge in [0.2, 0.25) is 0 Å². The van der Waals surface area contributed by atoms with Crippen LogP contribution in [0.5, 0.6) is 0 Å². The van der Waals surface area contributed by atoms with Gasteiger partial charge in [-0.25, -0.2) is 9.59 Å². The highest BCUT2D eigenvalue weighted by atomic mass is 31.2. The first kappa shape index (κ1) is 28.1. The number of esters is 2. The molecule has 12 nitrogen and oxygen atoms in total. The van der Waals surface area contributed by atoms with Gasteiger partial charge in [-0.05, 0) is 37.0 Å². The Morgan fingerprint density at radius 2 is 1.51 bits per heavy atom. The first-order valence-corrected chi connectivity index (χ1v) is 13.5. The summed E-state index contributed by atoms with van der Waals surface area (Å²) in [5.41, 5.74) is 3.12. The number of carbonyl (C=O) groups excluding carboxylic acids is 2. The molecule has 0 amide bonds. The summed E-state index contributed by atoms with van der Waals surface area (Å²) in [7, 11) is -3.98. The Morgan fingerprint density at radius 1 is 0.919 bits per heavy atom. The zero-order valence-corrected chi connectivity index (χ0v) is 21.6. The van der Waals surface area contributed by atoms with E-state index in [1.54, 1.807) is 13.8 Å². The van der Waals surface area contributed by atoms with Crippen LogP contribution in [0, 0.1) is 0 Å². The maximum Gasteiger partial charge on any atom is 0.345 e. The van der Waals surface area contributed by atoms with Crippen molar-refractivity contribution in [1.82, 2.24) is 25.9 Å². The van der Waals surface area contributed by atoms with Crippen molar-refractivity contribution < 1.29 is 32.7 Å². The number of nitrogens with zero attached hydrogens (tertiary/aromatic N) is 3. The number of ether oxygens (including phenoxy) is 2. The van der Waals surface area contributed by atoms with Gasteiger partial charge in [-0.15, -0.1) is 10.2 Å². The van der Waals surface area contributed by atoms with Crippen LogP contribution in [0.4, 0.5) is 0 Å². The molecule has 0 saturated heterocycles. The zero-order chi connectivity index (χ0) is 26.5. The molecule has 1 atom stereocenters. The Labute approximate surface area is 214 Å². The number of nitrogens with one attached hydrogen (secondary N) is 2. The summed E-state index contributed by atoms with van der Waals surface area (Å²) in [6, 6.07) is 17.4. The Morgan fingerprint density at radius 3 is 2.05 bits per heavy atom. The van der Waals surface area contributed by atoms with Crippen LogP contribution in [0.2, 0.25) is 0 Å². The molecule has 1 aromatic heterocycles. The molecule has 3 aromatic rings. The molecule has 0 spiro atoms. The SMILES string of the molecule is CCOC(=O)COP(=O)(CN[C@@H](Cc1ccc(-c2ccccc2)cc1)c1nn[nH]n1)OCC(=O)OCC. The van der Waals surface area contributed by atoms with Gasteiger partial charge < -0.3 is 9.47 Å². The average Bonchev–Trinajstić information content (AvgIpc) is 3.45. The van der Waals surface area contributed by atoms with E-state index in [-0.39, 0.29) is 19.5 Å². The molecular formula is C24H30N5O7P. The van der Waals surface area contributed by atoms with Crippen molar-refractivity contribution in [1.29, 1.82) is 0 Å². The van der Waals surface area contributed by atoms with E-state index in [4.69, 9.17) is 18.5 Å². The molecular weight excluding hydrogens is 501 g/mol. The highest BCUT2D eigenvalue weighted by molar-refractivity contribution is 7.53. The lowest BCUT2D eigenvalue weighted by molar-refractivity contribution is -0.146. The number of H-pyrrole nitrogens is 1. The maximum atomic E-state index is 13.4. The molecule has 0 saturated carbocycles. The molecule has 0 unspecified atom stereocenters. The first-order valence-electron chi connectivity index (χ1n) is 11.7. The van der Waals surface area contributed by atoms with Crippen molar-refractivity contribution in [2.45, 2.75) is 26.3 Å². The minimum atomic E-state index is -3.98. The predicted molar refractivity (Wildman–Crippen MR) is 133 cm³/mol. The molecule has 13 heteroatoms. The molecule has 198 valence electrons. The molecule has 2 aromatic carbocycles. The summed E-state index contributed by atoms with van der Waals surface area (Å²) in [6.45, 7) is 2.33. The topological polar surface area (TPSA) is 155 Å². The van der Waals surface area contributed by atoms with E-state index in [9.17, 15) is 14.2 Å². The number of carbonyl (C=O) groups is 2. The molecule has 2 N–H and O–H groups in total. The van der Waals surface area contributed by atoms with Gasteiger partial charge in [0.25, 0.3) is 0 Å². The molecule has 0 bridgehead atoms. The molecule has 0 aliphatic heterocycles. The van der Waals surface area contributed by atoms with Gasteiger partial charge in [-0.2, -0.15) is 5.21 Å². The van der Waals surface area contributed by atoms with Gasteiger partial charge >= 0.3 is 19.5 Å². The van der Waals surface area contributed by atoms with Gasteiger partial charge in [0.15, 0.2) is 19.0 Å². The van der Waals surface area contributed by atoms with E-state index < -0.39 is 38.8 Å². The highest BCUT2D eigenvalue weighted by Gasteiger charge is 2.30. The zero-order valence-electron chi connectivity index (χ0n) is 20.7. The maximum absolute atomic E-state index is 13.4.